The lowest BCUT2D eigenvalue weighted by Gasteiger charge is -2.30. The second-order valence-corrected chi connectivity index (χ2v) is 7.25. The Morgan fingerprint density at radius 3 is 2.26 bits per heavy atom. The second-order valence-electron chi connectivity index (χ2n) is 7.25. The minimum absolute atomic E-state index is 0.115. The first kappa shape index (κ1) is 16.0. The monoisotopic (exact) mass is 263 g/mol. The van der Waals surface area contributed by atoms with Crippen molar-refractivity contribution in [1.29, 1.82) is 0 Å². The molecule has 1 rings (SSSR count). The zero-order valence-electron chi connectivity index (χ0n) is 13.6. The van der Waals surface area contributed by atoms with Crippen LogP contribution in [0.15, 0.2) is 18.2 Å². The molecule has 0 saturated carbocycles. The number of hydrogen-bond acceptors (Lipinski definition) is 2. The van der Waals surface area contributed by atoms with Gasteiger partial charge in [0.05, 0.1) is 6.61 Å². The molecule has 108 valence electrons. The molecule has 0 amide bonds. The van der Waals surface area contributed by atoms with E-state index in [1.165, 1.54) is 11.1 Å². The van der Waals surface area contributed by atoms with E-state index in [4.69, 9.17) is 4.74 Å². The molecule has 1 N–H and O–H groups in total. The third-order valence-electron chi connectivity index (χ3n) is 3.27. The van der Waals surface area contributed by atoms with Gasteiger partial charge in [0.25, 0.3) is 0 Å². The van der Waals surface area contributed by atoms with Crippen LogP contribution in [0.25, 0.3) is 0 Å². The maximum atomic E-state index is 6.01. The normalized spacial score (nSPS) is 12.6. The van der Waals surface area contributed by atoms with Crippen molar-refractivity contribution < 1.29 is 4.74 Å². The molecule has 1 aromatic rings. The van der Waals surface area contributed by atoms with Gasteiger partial charge in [-0.2, -0.15) is 0 Å². The van der Waals surface area contributed by atoms with E-state index in [1.807, 2.05) is 0 Å². The molecule has 0 aromatic heterocycles. The van der Waals surface area contributed by atoms with Gasteiger partial charge in [-0.1, -0.05) is 26.0 Å². The smallest absolute Gasteiger partial charge is 0.122 e. The fraction of sp³-hybridized carbons (Fsp3) is 0.647. The van der Waals surface area contributed by atoms with Crippen LogP contribution in [0, 0.1) is 19.3 Å². The molecule has 2 nitrogen and oxygen atoms in total. The number of aryl methyl sites for hydroxylation is 1. The fourth-order valence-electron chi connectivity index (χ4n) is 1.71. The van der Waals surface area contributed by atoms with E-state index in [1.54, 1.807) is 0 Å². The van der Waals surface area contributed by atoms with Crippen LogP contribution in [0.1, 0.15) is 45.7 Å². The average molecular weight is 263 g/mol. The van der Waals surface area contributed by atoms with Crippen molar-refractivity contribution in [3.8, 4) is 5.75 Å². The van der Waals surface area contributed by atoms with Crippen molar-refractivity contribution in [2.75, 3.05) is 13.2 Å². The van der Waals surface area contributed by atoms with Gasteiger partial charge in [0, 0.05) is 17.5 Å². The van der Waals surface area contributed by atoms with E-state index in [2.05, 4.69) is 72.0 Å². The maximum Gasteiger partial charge on any atom is 0.122 e. The average Bonchev–Trinajstić information content (AvgIpc) is 2.28. The van der Waals surface area contributed by atoms with E-state index in [0.29, 0.717) is 0 Å². The molecule has 0 saturated heterocycles. The standard InChI is InChI=1S/C17H29NO/c1-13-9-8-10-15(14(13)2)19-12-17(6,7)11-18-16(3,4)5/h8-10,18H,11-12H2,1-7H3. The molecule has 0 heterocycles. The summed E-state index contributed by atoms with van der Waals surface area (Å²) in [5.41, 5.74) is 2.78. The van der Waals surface area contributed by atoms with Gasteiger partial charge in [0.2, 0.25) is 0 Å². The van der Waals surface area contributed by atoms with Crippen molar-refractivity contribution in [3.63, 3.8) is 0 Å². The first-order chi connectivity index (χ1) is 8.61. The molecular formula is C17H29NO. The highest BCUT2D eigenvalue weighted by atomic mass is 16.5. The van der Waals surface area contributed by atoms with Crippen molar-refractivity contribution in [3.05, 3.63) is 29.3 Å². The first-order valence-electron chi connectivity index (χ1n) is 7.05. The second kappa shape index (κ2) is 5.96. The Hall–Kier alpha value is -1.02. The van der Waals surface area contributed by atoms with Crippen LogP contribution in [0.4, 0.5) is 0 Å². The maximum absolute atomic E-state index is 6.01. The molecule has 2 heteroatoms. The van der Waals surface area contributed by atoms with Gasteiger partial charge in [-0.3, -0.25) is 0 Å². The molecule has 1 aromatic carbocycles. The van der Waals surface area contributed by atoms with Crippen LogP contribution in [0.3, 0.4) is 0 Å². The van der Waals surface area contributed by atoms with E-state index in [9.17, 15) is 0 Å². The van der Waals surface area contributed by atoms with Crippen molar-refractivity contribution in [1.82, 2.24) is 5.32 Å². The Morgan fingerprint density at radius 2 is 1.68 bits per heavy atom. The minimum Gasteiger partial charge on any atom is -0.493 e. The SMILES string of the molecule is Cc1cccc(OCC(C)(C)CNC(C)(C)C)c1C. The number of nitrogens with one attached hydrogen (secondary N) is 1. The van der Waals surface area contributed by atoms with Gasteiger partial charge >= 0.3 is 0 Å². The molecule has 19 heavy (non-hydrogen) atoms. The molecule has 0 unspecified atom stereocenters. The van der Waals surface area contributed by atoms with Gasteiger partial charge in [-0.15, -0.1) is 0 Å². The third-order valence-corrected chi connectivity index (χ3v) is 3.27. The van der Waals surface area contributed by atoms with Gasteiger partial charge in [-0.05, 0) is 51.8 Å². The molecule has 0 aliphatic carbocycles. The molecule has 0 atom stereocenters. The summed E-state index contributed by atoms with van der Waals surface area (Å²) in [5, 5.41) is 3.54. The number of rotatable bonds is 5. The number of ether oxygens (including phenoxy) is 1. The van der Waals surface area contributed by atoms with Crippen LogP contribution in [0.5, 0.6) is 5.75 Å². The van der Waals surface area contributed by atoms with Gasteiger partial charge in [0.1, 0.15) is 5.75 Å². The predicted molar refractivity (Wildman–Crippen MR) is 82.9 cm³/mol. The van der Waals surface area contributed by atoms with Crippen molar-refractivity contribution in [2.24, 2.45) is 5.41 Å². The van der Waals surface area contributed by atoms with Crippen LogP contribution >= 0.6 is 0 Å². The highest BCUT2D eigenvalue weighted by Crippen LogP contribution is 2.24. The first-order valence-corrected chi connectivity index (χ1v) is 7.05. The Labute approximate surface area is 118 Å². The van der Waals surface area contributed by atoms with E-state index in [-0.39, 0.29) is 11.0 Å². The topological polar surface area (TPSA) is 21.3 Å². The lowest BCUT2D eigenvalue weighted by atomic mass is 9.93. The van der Waals surface area contributed by atoms with Crippen molar-refractivity contribution in [2.45, 2.75) is 54.0 Å². The van der Waals surface area contributed by atoms with Gasteiger partial charge in [-0.25, -0.2) is 0 Å². The summed E-state index contributed by atoms with van der Waals surface area (Å²) in [6.07, 6.45) is 0. The summed E-state index contributed by atoms with van der Waals surface area (Å²) < 4.78 is 6.01. The summed E-state index contributed by atoms with van der Waals surface area (Å²) in [6.45, 7) is 16.9. The van der Waals surface area contributed by atoms with E-state index in [0.717, 1.165) is 18.9 Å². The Kier molecular flexibility index (Phi) is 5.03. The molecule has 0 aliphatic heterocycles. The van der Waals surface area contributed by atoms with Crippen molar-refractivity contribution >= 4 is 0 Å². The van der Waals surface area contributed by atoms with Gasteiger partial charge in [0.15, 0.2) is 0 Å². The van der Waals surface area contributed by atoms with Crippen LogP contribution < -0.4 is 10.1 Å². The zero-order chi connectivity index (χ0) is 14.7. The van der Waals surface area contributed by atoms with E-state index >= 15 is 0 Å². The quantitative estimate of drug-likeness (QED) is 0.863. The fourth-order valence-corrected chi connectivity index (χ4v) is 1.71. The number of hydrogen-bond donors (Lipinski definition) is 1. The highest BCUT2D eigenvalue weighted by Gasteiger charge is 2.22. The van der Waals surface area contributed by atoms with Crippen LogP contribution in [-0.4, -0.2) is 18.7 Å². The molecule has 0 bridgehead atoms. The minimum atomic E-state index is 0.115. The van der Waals surface area contributed by atoms with Gasteiger partial charge < -0.3 is 10.1 Å². The lowest BCUT2D eigenvalue weighted by Crippen LogP contribution is -2.43. The Morgan fingerprint density at radius 1 is 1.05 bits per heavy atom. The summed E-state index contributed by atoms with van der Waals surface area (Å²) >= 11 is 0. The zero-order valence-corrected chi connectivity index (χ0v) is 13.6. The number of benzene rings is 1. The molecule has 0 radical (unpaired) electrons. The largest absolute Gasteiger partial charge is 0.493 e. The summed E-state index contributed by atoms with van der Waals surface area (Å²) in [6, 6.07) is 6.22. The summed E-state index contributed by atoms with van der Waals surface area (Å²) in [7, 11) is 0. The van der Waals surface area contributed by atoms with E-state index < -0.39 is 0 Å². The Bertz CT molecular complexity index is 416. The van der Waals surface area contributed by atoms with Crippen LogP contribution in [0.2, 0.25) is 0 Å². The summed E-state index contributed by atoms with van der Waals surface area (Å²) in [5.74, 6) is 1.00. The molecular weight excluding hydrogens is 234 g/mol. The Balaban J connectivity index is 2.57. The third kappa shape index (κ3) is 5.65. The molecule has 0 fully saturated rings. The molecule has 0 aliphatic rings. The summed E-state index contributed by atoms with van der Waals surface area (Å²) in [4.78, 5) is 0. The predicted octanol–water partition coefficient (Wildman–Crippen LogP) is 4.10. The molecule has 0 spiro atoms. The highest BCUT2D eigenvalue weighted by molar-refractivity contribution is 5.38. The lowest BCUT2D eigenvalue weighted by molar-refractivity contribution is 0.165. The van der Waals surface area contributed by atoms with Crippen LogP contribution in [-0.2, 0) is 0 Å².